The maximum Gasteiger partial charge on any atom is 0.252 e. The minimum absolute atomic E-state index is 0.0469. The predicted molar refractivity (Wildman–Crippen MR) is 101 cm³/mol. The number of fused-ring (bicyclic) bond motifs is 1. The summed E-state index contributed by atoms with van der Waals surface area (Å²) in [6.07, 6.45) is 2.13. The van der Waals surface area contributed by atoms with Crippen molar-refractivity contribution in [1.82, 2.24) is 24.5 Å². The molecule has 0 spiro atoms. The summed E-state index contributed by atoms with van der Waals surface area (Å²) >= 11 is 0. The molecule has 1 aliphatic rings. The second-order valence-electron chi connectivity index (χ2n) is 6.98. The first kappa shape index (κ1) is 17.5. The van der Waals surface area contributed by atoms with Crippen LogP contribution in [0.4, 0.5) is 0 Å². The molecule has 0 bridgehead atoms. The summed E-state index contributed by atoms with van der Waals surface area (Å²) in [4.78, 5) is 23.7. The van der Waals surface area contributed by atoms with Gasteiger partial charge in [-0.3, -0.25) is 4.79 Å². The van der Waals surface area contributed by atoms with E-state index in [1.54, 1.807) is 11.6 Å². The number of benzene rings is 1. The van der Waals surface area contributed by atoms with Crippen LogP contribution in [-0.4, -0.2) is 44.0 Å². The van der Waals surface area contributed by atoms with Gasteiger partial charge in [0.25, 0.3) is 5.78 Å². The predicted octanol–water partition coefficient (Wildman–Crippen LogP) is 2.66. The Morgan fingerprint density at radius 3 is 2.93 bits per heavy atom. The number of amides is 1. The molecule has 0 aliphatic carbocycles. The highest BCUT2D eigenvalue weighted by Gasteiger charge is 2.30. The highest BCUT2D eigenvalue weighted by atomic mass is 16.5. The Morgan fingerprint density at radius 1 is 1.26 bits per heavy atom. The van der Waals surface area contributed by atoms with Gasteiger partial charge in [0.2, 0.25) is 5.91 Å². The SMILES string of the molecule is COc1cccc(C2CCCN2C(=O)Cc2nc3nc(C)cc(C)n3n2)c1. The van der Waals surface area contributed by atoms with Gasteiger partial charge in [-0.15, -0.1) is 5.10 Å². The monoisotopic (exact) mass is 365 g/mol. The maximum absolute atomic E-state index is 13.0. The molecule has 0 saturated carbocycles. The quantitative estimate of drug-likeness (QED) is 0.711. The van der Waals surface area contributed by atoms with Crippen LogP contribution >= 0.6 is 0 Å². The standard InChI is InChI=1S/C20H23N5O2/c1-13-10-14(2)25-20(21-13)22-18(23-25)12-19(26)24-9-5-8-17(24)15-6-4-7-16(11-15)27-3/h4,6-7,10-11,17H,5,8-9,12H2,1-3H3. The summed E-state index contributed by atoms with van der Waals surface area (Å²) < 4.78 is 7.02. The van der Waals surface area contributed by atoms with E-state index >= 15 is 0 Å². The van der Waals surface area contributed by atoms with Crippen LogP contribution in [0, 0.1) is 13.8 Å². The second kappa shape index (κ2) is 6.98. The smallest absolute Gasteiger partial charge is 0.252 e. The molecule has 0 N–H and O–H groups in total. The Morgan fingerprint density at radius 2 is 2.11 bits per heavy atom. The fourth-order valence-electron chi connectivity index (χ4n) is 3.78. The van der Waals surface area contributed by atoms with Crippen molar-refractivity contribution < 1.29 is 9.53 Å². The van der Waals surface area contributed by atoms with Gasteiger partial charge in [-0.05, 0) is 50.5 Å². The third-order valence-electron chi connectivity index (χ3n) is 5.02. The van der Waals surface area contributed by atoms with Crippen molar-refractivity contribution in [3.8, 4) is 5.75 Å². The van der Waals surface area contributed by atoms with Gasteiger partial charge in [0.15, 0.2) is 5.82 Å². The normalized spacial score (nSPS) is 16.9. The van der Waals surface area contributed by atoms with Gasteiger partial charge in [0, 0.05) is 17.9 Å². The molecule has 4 rings (SSSR count). The highest BCUT2D eigenvalue weighted by molar-refractivity contribution is 5.79. The van der Waals surface area contributed by atoms with E-state index in [0.717, 1.165) is 42.1 Å². The van der Waals surface area contributed by atoms with Crippen molar-refractivity contribution >= 4 is 11.7 Å². The number of rotatable bonds is 4. The van der Waals surface area contributed by atoms with E-state index in [1.165, 1.54) is 0 Å². The summed E-state index contributed by atoms with van der Waals surface area (Å²) in [6, 6.07) is 9.98. The van der Waals surface area contributed by atoms with Gasteiger partial charge in [-0.1, -0.05) is 12.1 Å². The van der Waals surface area contributed by atoms with Gasteiger partial charge >= 0.3 is 0 Å². The van der Waals surface area contributed by atoms with Crippen LogP contribution in [0.3, 0.4) is 0 Å². The average Bonchev–Trinajstić information content (AvgIpc) is 3.28. The molecule has 2 aromatic heterocycles. The summed E-state index contributed by atoms with van der Waals surface area (Å²) in [5, 5.41) is 4.47. The van der Waals surface area contributed by atoms with E-state index in [2.05, 4.69) is 21.1 Å². The first-order valence-electron chi connectivity index (χ1n) is 9.18. The lowest BCUT2D eigenvalue weighted by Crippen LogP contribution is -2.32. The first-order valence-corrected chi connectivity index (χ1v) is 9.18. The van der Waals surface area contributed by atoms with Crippen LogP contribution in [0.1, 0.15) is 41.7 Å². The maximum atomic E-state index is 13.0. The zero-order valence-corrected chi connectivity index (χ0v) is 15.8. The summed E-state index contributed by atoms with van der Waals surface area (Å²) in [6.45, 7) is 4.64. The minimum atomic E-state index is 0.0469. The average molecular weight is 365 g/mol. The number of carbonyl (C=O) groups excluding carboxylic acids is 1. The van der Waals surface area contributed by atoms with Crippen molar-refractivity contribution in [3.63, 3.8) is 0 Å². The van der Waals surface area contributed by atoms with E-state index in [0.29, 0.717) is 11.6 Å². The molecule has 1 saturated heterocycles. The van der Waals surface area contributed by atoms with E-state index in [-0.39, 0.29) is 18.4 Å². The van der Waals surface area contributed by atoms with Crippen LogP contribution in [0.15, 0.2) is 30.3 Å². The third-order valence-corrected chi connectivity index (χ3v) is 5.02. The fraction of sp³-hybridized carbons (Fsp3) is 0.400. The molecule has 1 unspecified atom stereocenters. The number of aryl methyl sites for hydroxylation is 2. The largest absolute Gasteiger partial charge is 0.497 e. The lowest BCUT2D eigenvalue weighted by Gasteiger charge is -2.25. The third kappa shape index (κ3) is 3.37. The molecule has 1 aromatic carbocycles. The molecular weight excluding hydrogens is 342 g/mol. The highest BCUT2D eigenvalue weighted by Crippen LogP contribution is 2.33. The van der Waals surface area contributed by atoms with Crippen molar-refractivity contribution in [2.75, 3.05) is 13.7 Å². The van der Waals surface area contributed by atoms with Crippen LogP contribution in [-0.2, 0) is 11.2 Å². The minimum Gasteiger partial charge on any atom is -0.497 e. The van der Waals surface area contributed by atoms with Crippen LogP contribution < -0.4 is 4.74 Å². The van der Waals surface area contributed by atoms with Crippen molar-refractivity contribution in [1.29, 1.82) is 0 Å². The van der Waals surface area contributed by atoms with Crippen molar-refractivity contribution in [2.45, 2.75) is 39.2 Å². The summed E-state index contributed by atoms with van der Waals surface area (Å²) in [5.74, 6) is 1.91. The molecule has 7 heteroatoms. The first-order chi connectivity index (χ1) is 13.0. The van der Waals surface area contributed by atoms with Gasteiger partial charge in [-0.2, -0.15) is 4.98 Å². The Balaban J connectivity index is 1.56. The number of hydrogen-bond acceptors (Lipinski definition) is 5. The van der Waals surface area contributed by atoms with Crippen molar-refractivity contribution in [2.24, 2.45) is 0 Å². The Bertz CT molecular complexity index is 997. The second-order valence-corrected chi connectivity index (χ2v) is 6.98. The van der Waals surface area contributed by atoms with Crippen LogP contribution in [0.2, 0.25) is 0 Å². The number of hydrogen-bond donors (Lipinski definition) is 0. The van der Waals surface area contributed by atoms with Gasteiger partial charge in [-0.25, -0.2) is 9.50 Å². The topological polar surface area (TPSA) is 72.6 Å². The molecule has 1 atom stereocenters. The zero-order valence-electron chi connectivity index (χ0n) is 15.8. The van der Waals surface area contributed by atoms with Crippen molar-refractivity contribution in [3.05, 3.63) is 53.1 Å². The molecule has 0 radical (unpaired) electrons. The lowest BCUT2D eigenvalue weighted by atomic mass is 10.0. The van der Waals surface area contributed by atoms with Gasteiger partial charge in [0.05, 0.1) is 19.6 Å². The number of nitrogens with zero attached hydrogens (tertiary/aromatic N) is 5. The Hall–Kier alpha value is -2.96. The molecule has 1 fully saturated rings. The Labute approximate surface area is 158 Å². The number of ether oxygens (including phenoxy) is 1. The van der Waals surface area contributed by atoms with Gasteiger partial charge in [0.1, 0.15) is 5.75 Å². The van der Waals surface area contributed by atoms with E-state index in [4.69, 9.17) is 4.74 Å². The fourth-order valence-corrected chi connectivity index (χ4v) is 3.78. The molecule has 1 aliphatic heterocycles. The van der Waals surface area contributed by atoms with Crippen LogP contribution in [0.25, 0.3) is 5.78 Å². The summed E-state index contributed by atoms with van der Waals surface area (Å²) in [5.41, 5.74) is 2.96. The van der Waals surface area contributed by atoms with E-state index < -0.39 is 0 Å². The number of aromatic nitrogens is 4. The lowest BCUT2D eigenvalue weighted by molar-refractivity contribution is -0.131. The molecule has 3 heterocycles. The number of methoxy groups -OCH3 is 1. The molecule has 3 aromatic rings. The molecular formula is C20H23N5O2. The molecule has 1 amide bonds. The van der Waals surface area contributed by atoms with Crippen LogP contribution in [0.5, 0.6) is 5.75 Å². The Kier molecular flexibility index (Phi) is 4.51. The number of carbonyl (C=O) groups is 1. The molecule has 140 valence electrons. The summed E-state index contributed by atoms with van der Waals surface area (Å²) in [7, 11) is 1.66. The number of likely N-dealkylation sites (tertiary alicyclic amines) is 1. The molecule has 27 heavy (non-hydrogen) atoms. The van der Waals surface area contributed by atoms with E-state index in [1.807, 2.05) is 43.0 Å². The van der Waals surface area contributed by atoms with Gasteiger partial charge < -0.3 is 9.64 Å². The molecule has 7 nitrogen and oxygen atoms in total. The van der Waals surface area contributed by atoms with E-state index in [9.17, 15) is 4.79 Å². The zero-order chi connectivity index (χ0) is 19.0.